The average molecular weight is 261 g/mol. The smallest absolute Gasteiger partial charge is 0.328 e. The normalized spacial score (nSPS) is 17.1. The van der Waals surface area contributed by atoms with Gasteiger partial charge in [0.25, 0.3) is 0 Å². The number of rotatable bonds is 3. The summed E-state index contributed by atoms with van der Waals surface area (Å²) in [5.41, 5.74) is 1.90. The summed E-state index contributed by atoms with van der Waals surface area (Å²) in [5, 5.41) is 8.61. The molecule has 0 saturated carbocycles. The van der Waals surface area contributed by atoms with Gasteiger partial charge >= 0.3 is 5.97 Å². The fraction of sp³-hybridized carbons (Fsp3) is 0.429. The molecule has 0 aliphatic carbocycles. The van der Waals surface area contributed by atoms with Crippen molar-refractivity contribution >= 4 is 17.9 Å². The van der Waals surface area contributed by atoms with Gasteiger partial charge in [0, 0.05) is 38.5 Å². The molecule has 19 heavy (non-hydrogen) atoms. The number of anilines is 1. The van der Waals surface area contributed by atoms with Crippen LogP contribution in [-0.4, -0.2) is 54.2 Å². The first-order valence-corrected chi connectivity index (χ1v) is 6.37. The SMILES string of the molecule is Cc1cc(/C=C/C(=O)O)cnc1N1CCN(C)CC1. The zero-order valence-corrected chi connectivity index (χ0v) is 11.3. The van der Waals surface area contributed by atoms with Crippen LogP contribution in [0.25, 0.3) is 6.08 Å². The maximum atomic E-state index is 10.5. The van der Waals surface area contributed by atoms with Crippen molar-refractivity contribution in [2.45, 2.75) is 6.92 Å². The summed E-state index contributed by atoms with van der Waals surface area (Å²) in [4.78, 5) is 19.5. The standard InChI is InChI=1S/C14H19N3O2/c1-11-9-12(3-4-13(18)19)10-15-14(11)17-7-5-16(2)6-8-17/h3-4,9-10H,5-8H2,1-2H3,(H,18,19)/b4-3+. The van der Waals surface area contributed by atoms with Crippen LogP contribution in [-0.2, 0) is 4.79 Å². The van der Waals surface area contributed by atoms with Gasteiger partial charge in [0.05, 0.1) is 0 Å². The molecule has 102 valence electrons. The molecule has 0 radical (unpaired) electrons. The molecule has 1 aromatic heterocycles. The van der Waals surface area contributed by atoms with E-state index in [4.69, 9.17) is 5.11 Å². The number of aliphatic carboxylic acids is 1. The Morgan fingerprint density at radius 3 is 2.63 bits per heavy atom. The number of aromatic nitrogens is 1. The van der Waals surface area contributed by atoms with Crippen LogP contribution in [0.3, 0.4) is 0 Å². The number of carboxylic acid groups (broad SMARTS) is 1. The number of hydrogen-bond acceptors (Lipinski definition) is 4. The largest absolute Gasteiger partial charge is 0.478 e. The van der Waals surface area contributed by atoms with E-state index in [0.717, 1.165) is 49.2 Å². The summed E-state index contributed by atoms with van der Waals surface area (Å²) in [5.74, 6) is 0.0568. The Kier molecular flexibility index (Phi) is 4.16. The van der Waals surface area contributed by atoms with Gasteiger partial charge in [0.2, 0.25) is 0 Å². The van der Waals surface area contributed by atoms with E-state index in [1.165, 1.54) is 0 Å². The van der Waals surface area contributed by atoms with Crippen molar-refractivity contribution in [3.05, 3.63) is 29.5 Å². The van der Waals surface area contributed by atoms with Crippen molar-refractivity contribution in [3.8, 4) is 0 Å². The second kappa shape index (κ2) is 5.84. The zero-order chi connectivity index (χ0) is 13.8. The van der Waals surface area contributed by atoms with Crippen molar-refractivity contribution < 1.29 is 9.90 Å². The first-order valence-electron chi connectivity index (χ1n) is 6.37. The Morgan fingerprint density at radius 2 is 2.05 bits per heavy atom. The quantitative estimate of drug-likeness (QED) is 0.830. The lowest BCUT2D eigenvalue weighted by Crippen LogP contribution is -2.45. The topological polar surface area (TPSA) is 56.7 Å². The van der Waals surface area contributed by atoms with E-state index < -0.39 is 5.97 Å². The number of nitrogens with zero attached hydrogens (tertiary/aromatic N) is 3. The molecule has 1 aliphatic rings. The van der Waals surface area contributed by atoms with E-state index in [1.807, 2.05) is 13.0 Å². The van der Waals surface area contributed by atoms with E-state index in [9.17, 15) is 4.79 Å². The van der Waals surface area contributed by atoms with Gasteiger partial charge in [-0.05, 0) is 37.2 Å². The summed E-state index contributed by atoms with van der Waals surface area (Å²) in [6, 6.07) is 1.97. The highest BCUT2D eigenvalue weighted by molar-refractivity contribution is 5.85. The van der Waals surface area contributed by atoms with Gasteiger partial charge in [-0.2, -0.15) is 0 Å². The van der Waals surface area contributed by atoms with Gasteiger partial charge < -0.3 is 14.9 Å². The fourth-order valence-corrected chi connectivity index (χ4v) is 2.20. The van der Waals surface area contributed by atoms with Gasteiger partial charge in [-0.25, -0.2) is 9.78 Å². The van der Waals surface area contributed by atoms with Crippen LogP contribution >= 0.6 is 0 Å². The van der Waals surface area contributed by atoms with Crippen LogP contribution in [0.2, 0.25) is 0 Å². The molecule has 5 heteroatoms. The predicted octanol–water partition coefficient (Wildman–Crippen LogP) is 1.24. The molecule has 5 nitrogen and oxygen atoms in total. The number of carbonyl (C=O) groups is 1. The molecular formula is C14H19N3O2. The fourth-order valence-electron chi connectivity index (χ4n) is 2.20. The lowest BCUT2D eigenvalue weighted by molar-refractivity contribution is -0.131. The molecule has 0 aromatic carbocycles. The lowest BCUT2D eigenvalue weighted by atomic mass is 10.1. The number of pyridine rings is 1. The molecule has 0 spiro atoms. The van der Waals surface area contributed by atoms with Gasteiger partial charge in [0.1, 0.15) is 5.82 Å². The summed E-state index contributed by atoms with van der Waals surface area (Å²) in [6.45, 7) is 6.06. The van der Waals surface area contributed by atoms with Crippen LogP contribution < -0.4 is 4.90 Å². The Balaban J connectivity index is 2.13. The molecule has 0 atom stereocenters. The maximum Gasteiger partial charge on any atom is 0.328 e. The van der Waals surface area contributed by atoms with Crippen LogP contribution in [0.5, 0.6) is 0 Å². The first kappa shape index (κ1) is 13.5. The molecular weight excluding hydrogens is 242 g/mol. The first-order chi connectivity index (χ1) is 9.06. The van der Waals surface area contributed by atoms with E-state index in [1.54, 1.807) is 12.3 Å². The Bertz CT molecular complexity index is 491. The predicted molar refractivity (Wildman–Crippen MR) is 75.4 cm³/mol. The van der Waals surface area contributed by atoms with Crippen LogP contribution in [0, 0.1) is 6.92 Å². The van der Waals surface area contributed by atoms with Gasteiger partial charge in [-0.15, -0.1) is 0 Å². The van der Waals surface area contributed by atoms with Gasteiger partial charge in [0.15, 0.2) is 0 Å². The molecule has 0 unspecified atom stereocenters. The summed E-state index contributed by atoms with van der Waals surface area (Å²) in [7, 11) is 2.12. The molecule has 1 fully saturated rings. The third-order valence-electron chi connectivity index (χ3n) is 3.29. The van der Waals surface area contributed by atoms with Crippen LogP contribution in [0.1, 0.15) is 11.1 Å². The Hall–Kier alpha value is -1.88. The summed E-state index contributed by atoms with van der Waals surface area (Å²) < 4.78 is 0. The zero-order valence-electron chi connectivity index (χ0n) is 11.3. The van der Waals surface area contributed by atoms with Crippen molar-refractivity contribution in [1.29, 1.82) is 0 Å². The lowest BCUT2D eigenvalue weighted by Gasteiger charge is -2.34. The van der Waals surface area contributed by atoms with E-state index in [-0.39, 0.29) is 0 Å². The number of hydrogen-bond donors (Lipinski definition) is 1. The molecule has 0 bridgehead atoms. The Morgan fingerprint density at radius 1 is 1.37 bits per heavy atom. The third-order valence-corrected chi connectivity index (χ3v) is 3.29. The molecule has 2 rings (SSSR count). The maximum absolute atomic E-state index is 10.5. The second-order valence-electron chi connectivity index (χ2n) is 4.87. The molecule has 1 aliphatic heterocycles. The minimum Gasteiger partial charge on any atom is -0.478 e. The third kappa shape index (κ3) is 3.54. The molecule has 1 aromatic rings. The average Bonchev–Trinajstić information content (AvgIpc) is 2.38. The number of piperazine rings is 1. The molecule has 0 amide bonds. The Labute approximate surface area is 113 Å². The monoisotopic (exact) mass is 261 g/mol. The second-order valence-corrected chi connectivity index (χ2v) is 4.87. The minimum absolute atomic E-state index is 0.817. The summed E-state index contributed by atoms with van der Waals surface area (Å²) >= 11 is 0. The van der Waals surface area contributed by atoms with Gasteiger partial charge in [-0.3, -0.25) is 0 Å². The number of aryl methyl sites for hydroxylation is 1. The molecule has 2 heterocycles. The highest BCUT2D eigenvalue weighted by atomic mass is 16.4. The van der Waals surface area contributed by atoms with Crippen LogP contribution in [0.15, 0.2) is 18.3 Å². The van der Waals surface area contributed by atoms with Crippen molar-refractivity contribution in [3.63, 3.8) is 0 Å². The highest BCUT2D eigenvalue weighted by Crippen LogP contribution is 2.19. The van der Waals surface area contributed by atoms with Crippen LogP contribution in [0.4, 0.5) is 5.82 Å². The number of likely N-dealkylation sites (N-methyl/N-ethyl adjacent to an activating group) is 1. The number of carboxylic acids is 1. The van der Waals surface area contributed by atoms with E-state index >= 15 is 0 Å². The van der Waals surface area contributed by atoms with Crippen molar-refractivity contribution in [2.75, 3.05) is 38.1 Å². The van der Waals surface area contributed by atoms with E-state index in [0.29, 0.717) is 0 Å². The van der Waals surface area contributed by atoms with E-state index in [2.05, 4.69) is 21.8 Å². The molecule has 1 N–H and O–H groups in total. The van der Waals surface area contributed by atoms with Crippen molar-refractivity contribution in [2.24, 2.45) is 0 Å². The van der Waals surface area contributed by atoms with Crippen molar-refractivity contribution in [1.82, 2.24) is 9.88 Å². The summed E-state index contributed by atoms with van der Waals surface area (Å²) in [6.07, 6.45) is 4.42. The molecule has 1 saturated heterocycles. The minimum atomic E-state index is -0.944. The highest BCUT2D eigenvalue weighted by Gasteiger charge is 2.16. The van der Waals surface area contributed by atoms with Gasteiger partial charge in [-0.1, -0.05) is 0 Å².